The second kappa shape index (κ2) is 7.62. The number of aliphatic hydroxyl groups excluding tert-OH is 1. The maximum absolute atomic E-state index is 12.6. The fourth-order valence-corrected chi connectivity index (χ4v) is 2.65. The van der Waals surface area contributed by atoms with Crippen molar-refractivity contribution < 1.29 is 9.90 Å². The third-order valence-electron chi connectivity index (χ3n) is 3.86. The smallest absolute Gasteiger partial charge is 0.256 e. The molecule has 2 aromatic rings. The molecule has 2 N–H and O–H groups in total. The molecule has 0 fully saturated rings. The standard InChI is InChI=1S/C17H21ClN2O3/c1-3-20-10-14(17(23)19-9-11(2)6-7-21)16(22)13-8-12(18)4-5-15(13)20/h4-5,8,10-11,21H,3,6-7,9H2,1-2H3,(H,19,23)/t11-/m0/s1. The van der Waals surface area contributed by atoms with E-state index in [4.69, 9.17) is 16.7 Å². The highest BCUT2D eigenvalue weighted by Crippen LogP contribution is 2.17. The maximum Gasteiger partial charge on any atom is 0.256 e. The van der Waals surface area contributed by atoms with Gasteiger partial charge in [0.25, 0.3) is 5.91 Å². The largest absolute Gasteiger partial charge is 0.396 e. The molecule has 0 aliphatic heterocycles. The average molecular weight is 337 g/mol. The van der Waals surface area contributed by atoms with Gasteiger partial charge in [0.1, 0.15) is 5.56 Å². The quantitative estimate of drug-likeness (QED) is 0.851. The van der Waals surface area contributed by atoms with E-state index in [0.717, 1.165) is 5.52 Å². The summed E-state index contributed by atoms with van der Waals surface area (Å²) in [6.45, 7) is 5.01. The number of carbonyl (C=O) groups is 1. The molecule has 1 heterocycles. The molecule has 1 aromatic heterocycles. The third kappa shape index (κ3) is 3.92. The summed E-state index contributed by atoms with van der Waals surface area (Å²) in [5.41, 5.74) is 0.546. The van der Waals surface area contributed by atoms with Crippen LogP contribution in [0, 0.1) is 5.92 Å². The molecule has 1 atom stereocenters. The molecule has 1 aromatic carbocycles. The number of hydrogen-bond donors (Lipinski definition) is 2. The van der Waals surface area contributed by atoms with Crippen molar-refractivity contribution in [1.82, 2.24) is 9.88 Å². The molecule has 2 rings (SSSR count). The monoisotopic (exact) mass is 336 g/mol. The summed E-state index contributed by atoms with van der Waals surface area (Å²) >= 11 is 5.98. The van der Waals surface area contributed by atoms with Crippen molar-refractivity contribution in [1.29, 1.82) is 0 Å². The predicted octanol–water partition coefficient (Wildman–Crippen LogP) is 2.42. The zero-order valence-electron chi connectivity index (χ0n) is 13.3. The molecule has 23 heavy (non-hydrogen) atoms. The zero-order valence-corrected chi connectivity index (χ0v) is 14.1. The van der Waals surface area contributed by atoms with E-state index in [0.29, 0.717) is 29.9 Å². The lowest BCUT2D eigenvalue weighted by Gasteiger charge is -2.14. The molecule has 1 amide bonds. The molecule has 0 aliphatic carbocycles. The van der Waals surface area contributed by atoms with Crippen molar-refractivity contribution in [2.75, 3.05) is 13.2 Å². The first kappa shape index (κ1) is 17.5. The number of carbonyl (C=O) groups excluding carboxylic acids is 1. The van der Waals surface area contributed by atoms with Crippen LogP contribution in [0.15, 0.2) is 29.2 Å². The van der Waals surface area contributed by atoms with Crippen molar-refractivity contribution in [3.8, 4) is 0 Å². The number of fused-ring (bicyclic) bond motifs is 1. The predicted molar refractivity (Wildman–Crippen MR) is 92.1 cm³/mol. The van der Waals surface area contributed by atoms with Gasteiger partial charge in [-0.1, -0.05) is 18.5 Å². The third-order valence-corrected chi connectivity index (χ3v) is 4.10. The van der Waals surface area contributed by atoms with Crippen LogP contribution in [0.4, 0.5) is 0 Å². The van der Waals surface area contributed by atoms with E-state index < -0.39 is 5.91 Å². The lowest BCUT2D eigenvalue weighted by atomic mass is 10.1. The number of nitrogens with zero attached hydrogens (tertiary/aromatic N) is 1. The Morgan fingerprint density at radius 1 is 1.43 bits per heavy atom. The number of aromatic nitrogens is 1. The van der Waals surface area contributed by atoms with E-state index >= 15 is 0 Å². The Hall–Kier alpha value is -1.85. The van der Waals surface area contributed by atoms with Crippen molar-refractivity contribution in [2.45, 2.75) is 26.8 Å². The topological polar surface area (TPSA) is 71.3 Å². The molecular weight excluding hydrogens is 316 g/mol. The molecule has 0 saturated heterocycles. The van der Waals surface area contributed by atoms with Gasteiger partial charge in [0, 0.05) is 36.3 Å². The first-order chi connectivity index (χ1) is 11.0. The number of hydrogen-bond acceptors (Lipinski definition) is 3. The van der Waals surface area contributed by atoms with Gasteiger partial charge in [-0.05, 0) is 37.5 Å². The summed E-state index contributed by atoms with van der Waals surface area (Å²) in [5.74, 6) is -0.254. The van der Waals surface area contributed by atoms with Crippen molar-refractivity contribution >= 4 is 28.4 Å². The number of amides is 1. The van der Waals surface area contributed by atoms with Crippen LogP contribution in [0.3, 0.4) is 0 Å². The summed E-state index contributed by atoms with van der Waals surface area (Å²) in [5, 5.41) is 12.6. The highest BCUT2D eigenvalue weighted by Gasteiger charge is 2.16. The summed E-state index contributed by atoms with van der Waals surface area (Å²) in [6.07, 6.45) is 2.19. The van der Waals surface area contributed by atoms with Gasteiger partial charge in [-0.25, -0.2) is 0 Å². The van der Waals surface area contributed by atoms with Crippen LogP contribution < -0.4 is 10.7 Å². The van der Waals surface area contributed by atoms with Gasteiger partial charge >= 0.3 is 0 Å². The van der Waals surface area contributed by atoms with Crippen LogP contribution in [0.5, 0.6) is 0 Å². The number of pyridine rings is 1. The summed E-state index contributed by atoms with van der Waals surface area (Å²) in [4.78, 5) is 24.9. The molecule has 5 nitrogen and oxygen atoms in total. The number of nitrogens with one attached hydrogen (secondary N) is 1. The highest BCUT2D eigenvalue weighted by molar-refractivity contribution is 6.31. The summed E-state index contributed by atoms with van der Waals surface area (Å²) < 4.78 is 1.86. The number of aliphatic hydroxyl groups is 1. The van der Waals surface area contributed by atoms with Gasteiger partial charge in [-0.2, -0.15) is 0 Å². The molecule has 0 spiro atoms. The normalized spacial score (nSPS) is 12.3. The molecule has 0 saturated carbocycles. The fourth-order valence-electron chi connectivity index (χ4n) is 2.48. The van der Waals surface area contributed by atoms with Crippen LogP contribution in [-0.4, -0.2) is 28.7 Å². The minimum atomic E-state index is -0.399. The Balaban J connectivity index is 2.39. The molecule has 0 radical (unpaired) electrons. The zero-order chi connectivity index (χ0) is 17.0. The van der Waals surface area contributed by atoms with Crippen LogP contribution in [0.25, 0.3) is 10.9 Å². The SMILES string of the molecule is CCn1cc(C(=O)NC[C@@H](C)CCO)c(=O)c2cc(Cl)ccc21. The van der Waals surface area contributed by atoms with Gasteiger partial charge in [0.2, 0.25) is 5.43 Å². The van der Waals surface area contributed by atoms with Gasteiger partial charge < -0.3 is 15.0 Å². The molecule has 0 aliphatic rings. The Morgan fingerprint density at radius 2 is 2.17 bits per heavy atom. The minimum Gasteiger partial charge on any atom is -0.396 e. The van der Waals surface area contributed by atoms with Gasteiger partial charge in [0.05, 0.1) is 5.52 Å². The fraction of sp³-hybridized carbons (Fsp3) is 0.412. The Kier molecular flexibility index (Phi) is 5.80. The van der Waals surface area contributed by atoms with Crippen LogP contribution in [0.1, 0.15) is 30.6 Å². The van der Waals surface area contributed by atoms with Gasteiger partial charge in [-0.3, -0.25) is 9.59 Å². The number of halogens is 1. The second-order valence-electron chi connectivity index (χ2n) is 5.65. The van der Waals surface area contributed by atoms with E-state index in [1.54, 1.807) is 24.4 Å². The van der Waals surface area contributed by atoms with Gasteiger partial charge in [-0.15, -0.1) is 0 Å². The summed E-state index contributed by atoms with van der Waals surface area (Å²) in [6, 6.07) is 5.11. The minimum absolute atomic E-state index is 0.0775. The highest BCUT2D eigenvalue weighted by atomic mass is 35.5. The van der Waals surface area contributed by atoms with Crippen molar-refractivity contribution in [2.24, 2.45) is 5.92 Å². The van der Waals surface area contributed by atoms with Crippen molar-refractivity contribution in [3.63, 3.8) is 0 Å². The molecule has 124 valence electrons. The second-order valence-corrected chi connectivity index (χ2v) is 6.08. The first-order valence-corrected chi connectivity index (χ1v) is 8.07. The van der Waals surface area contributed by atoms with Crippen molar-refractivity contribution in [3.05, 3.63) is 45.2 Å². The lowest BCUT2D eigenvalue weighted by Crippen LogP contribution is -2.33. The average Bonchev–Trinajstić information content (AvgIpc) is 2.53. The van der Waals surface area contributed by atoms with E-state index in [1.807, 2.05) is 18.4 Å². The molecule has 0 unspecified atom stereocenters. The molecule has 6 heteroatoms. The van der Waals surface area contributed by atoms with Crippen LogP contribution >= 0.6 is 11.6 Å². The Bertz CT molecular complexity index is 770. The van der Waals surface area contributed by atoms with Crippen LogP contribution in [0.2, 0.25) is 5.02 Å². The molecule has 0 bridgehead atoms. The van der Waals surface area contributed by atoms with Crippen LogP contribution in [-0.2, 0) is 6.54 Å². The van der Waals surface area contributed by atoms with E-state index in [-0.39, 0.29) is 23.5 Å². The maximum atomic E-state index is 12.6. The Morgan fingerprint density at radius 3 is 2.83 bits per heavy atom. The first-order valence-electron chi connectivity index (χ1n) is 7.69. The van der Waals surface area contributed by atoms with E-state index in [1.165, 1.54) is 0 Å². The molecular formula is C17H21ClN2O3. The van der Waals surface area contributed by atoms with E-state index in [2.05, 4.69) is 5.32 Å². The number of benzene rings is 1. The number of rotatable bonds is 6. The van der Waals surface area contributed by atoms with Gasteiger partial charge in [0.15, 0.2) is 0 Å². The number of aryl methyl sites for hydroxylation is 1. The van der Waals surface area contributed by atoms with E-state index in [9.17, 15) is 9.59 Å². The Labute approximate surface area is 139 Å². The summed E-state index contributed by atoms with van der Waals surface area (Å²) in [7, 11) is 0. The lowest BCUT2D eigenvalue weighted by molar-refractivity contribution is 0.0944.